The number of piperazine rings is 1. The molecule has 1 aromatic rings. The van der Waals surface area contributed by atoms with E-state index in [1.807, 2.05) is 4.90 Å². The molecule has 138 valence electrons. The first-order valence-corrected chi connectivity index (χ1v) is 9.71. The highest BCUT2D eigenvalue weighted by atomic mass is 16.2. The highest BCUT2D eigenvalue weighted by Crippen LogP contribution is 2.21. The van der Waals surface area contributed by atoms with E-state index in [1.165, 1.54) is 37.1 Å². The summed E-state index contributed by atoms with van der Waals surface area (Å²) in [6, 6.07) is 9.18. The van der Waals surface area contributed by atoms with Crippen LogP contribution in [0, 0.1) is 0 Å². The van der Waals surface area contributed by atoms with Crippen LogP contribution >= 0.6 is 0 Å². The van der Waals surface area contributed by atoms with E-state index < -0.39 is 0 Å². The second-order valence-electron chi connectivity index (χ2n) is 7.52. The summed E-state index contributed by atoms with van der Waals surface area (Å²) in [6.07, 6.45) is 7.42. The largest absolute Gasteiger partial charge is 0.378 e. The maximum Gasteiger partial charge on any atom is 0.317 e. The molecule has 2 amide bonds. The van der Waals surface area contributed by atoms with Crippen LogP contribution in [-0.4, -0.2) is 57.2 Å². The molecule has 0 aromatic heterocycles. The number of rotatable bonds is 3. The van der Waals surface area contributed by atoms with Crippen molar-refractivity contribution in [1.29, 1.82) is 0 Å². The smallest absolute Gasteiger partial charge is 0.317 e. The summed E-state index contributed by atoms with van der Waals surface area (Å²) >= 11 is 0. The molecule has 25 heavy (non-hydrogen) atoms. The third-order valence-electron chi connectivity index (χ3n) is 5.48. The van der Waals surface area contributed by atoms with Gasteiger partial charge < -0.3 is 20.0 Å². The summed E-state index contributed by atoms with van der Waals surface area (Å²) in [7, 11) is 4.11. The summed E-state index contributed by atoms with van der Waals surface area (Å²) in [5.74, 6) is 0. The van der Waals surface area contributed by atoms with E-state index in [-0.39, 0.29) is 6.03 Å². The van der Waals surface area contributed by atoms with Crippen molar-refractivity contribution < 1.29 is 4.79 Å². The Labute approximate surface area is 152 Å². The lowest BCUT2D eigenvalue weighted by atomic mass is 10.1. The molecule has 1 aromatic carbocycles. The second kappa shape index (κ2) is 8.45. The van der Waals surface area contributed by atoms with E-state index in [4.69, 9.17) is 0 Å². The Morgan fingerprint density at radius 1 is 0.960 bits per heavy atom. The van der Waals surface area contributed by atoms with Crippen molar-refractivity contribution in [3.05, 3.63) is 24.3 Å². The van der Waals surface area contributed by atoms with Gasteiger partial charge in [-0.3, -0.25) is 0 Å². The third-order valence-corrected chi connectivity index (χ3v) is 5.48. The fourth-order valence-corrected chi connectivity index (χ4v) is 3.82. The molecule has 1 N–H and O–H groups in total. The van der Waals surface area contributed by atoms with Crippen molar-refractivity contribution in [2.45, 2.75) is 44.6 Å². The topological polar surface area (TPSA) is 38.8 Å². The van der Waals surface area contributed by atoms with Gasteiger partial charge in [-0.2, -0.15) is 0 Å². The van der Waals surface area contributed by atoms with Crippen LogP contribution in [0.15, 0.2) is 24.3 Å². The van der Waals surface area contributed by atoms with Crippen LogP contribution in [0.2, 0.25) is 0 Å². The fraction of sp³-hybridized carbons (Fsp3) is 0.650. The zero-order valence-electron chi connectivity index (χ0n) is 15.7. The monoisotopic (exact) mass is 344 g/mol. The predicted molar refractivity (Wildman–Crippen MR) is 105 cm³/mol. The summed E-state index contributed by atoms with van der Waals surface area (Å²) in [5, 5.41) is 3.27. The van der Waals surface area contributed by atoms with Gasteiger partial charge in [-0.1, -0.05) is 25.7 Å². The number of nitrogens with zero attached hydrogens (tertiary/aromatic N) is 3. The third kappa shape index (κ3) is 4.80. The summed E-state index contributed by atoms with van der Waals surface area (Å²) in [5.41, 5.74) is 2.46. The summed E-state index contributed by atoms with van der Waals surface area (Å²) in [6.45, 7) is 3.40. The van der Waals surface area contributed by atoms with Gasteiger partial charge in [0.25, 0.3) is 0 Å². The van der Waals surface area contributed by atoms with Gasteiger partial charge in [0.1, 0.15) is 0 Å². The van der Waals surface area contributed by atoms with E-state index in [0.717, 1.165) is 39.0 Å². The van der Waals surface area contributed by atoms with E-state index in [1.54, 1.807) is 0 Å². The van der Waals surface area contributed by atoms with Gasteiger partial charge in [0.15, 0.2) is 0 Å². The van der Waals surface area contributed by atoms with Crippen LogP contribution in [-0.2, 0) is 0 Å². The van der Waals surface area contributed by atoms with Gasteiger partial charge in [-0.05, 0) is 37.1 Å². The minimum absolute atomic E-state index is 0.134. The van der Waals surface area contributed by atoms with Gasteiger partial charge in [-0.15, -0.1) is 0 Å². The summed E-state index contributed by atoms with van der Waals surface area (Å²) in [4.78, 5) is 19.0. The normalized spacial score (nSPS) is 19.4. The number of carbonyl (C=O) groups is 1. The van der Waals surface area contributed by atoms with Crippen LogP contribution in [0.4, 0.5) is 16.2 Å². The van der Waals surface area contributed by atoms with Crippen LogP contribution in [0.1, 0.15) is 38.5 Å². The van der Waals surface area contributed by atoms with Crippen molar-refractivity contribution in [2.75, 3.05) is 50.1 Å². The first-order chi connectivity index (χ1) is 12.1. The Kier molecular flexibility index (Phi) is 6.05. The zero-order chi connectivity index (χ0) is 17.6. The van der Waals surface area contributed by atoms with Crippen molar-refractivity contribution in [3.8, 4) is 0 Å². The molecule has 5 nitrogen and oxygen atoms in total. The number of nitrogens with one attached hydrogen (secondary N) is 1. The zero-order valence-corrected chi connectivity index (χ0v) is 15.7. The van der Waals surface area contributed by atoms with Crippen molar-refractivity contribution in [2.24, 2.45) is 0 Å². The number of amides is 2. The van der Waals surface area contributed by atoms with Crippen molar-refractivity contribution >= 4 is 17.4 Å². The quantitative estimate of drug-likeness (QED) is 0.855. The standard InChI is InChI=1S/C20H32N4O/c1-22(2)18-9-11-19(12-10-18)23-13-15-24(16-14-23)20(25)21-17-7-5-3-4-6-8-17/h9-12,17H,3-8,13-16H2,1-2H3,(H,21,25). The van der Waals surface area contributed by atoms with Crippen LogP contribution < -0.4 is 15.1 Å². The molecule has 0 atom stereocenters. The van der Waals surface area contributed by atoms with Gasteiger partial charge in [0, 0.05) is 57.7 Å². The Hall–Kier alpha value is -1.91. The molecule has 1 saturated heterocycles. The molecule has 0 bridgehead atoms. The van der Waals surface area contributed by atoms with Crippen molar-refractivity contribution in [1.82, 2.24) is 10.2 Å². The number of carbonyl (C=O) groups excluding carboxylic acids is 1. The Morgan fingerprint density at radius 3 is 2.12 bits per heavy atom. The van der Waals surface area contributed by atoms with Crippen LogP contribution in [0.3, 0.4) is 0 Å². The molecule has 2 aliphatic rings. The highest BCUT2D eigenvalue weighted by Gasteiger charge is 2.23. The van der Waals surface area contributed by atoms with E-state index >= 15 is 0 Å². The molecule has 1 saturated carbocycles. The van der Waals surface area contributed by atoms with E-state index in [2.05, 4.69) is 53.5 Å². The average Bonchev–Trinajstić information content (AvgIpc) is 2.90. The maximum absolute atomic E-state index is 12.5. The molecular formula is C20H32N4O. The average molecular weight is 345 g/mol. The lowest BCUT2D eigenvalue weighted by Crippen LogP contribution is -2.53. The minimum atomic E-state index is 0.134. The summed E-state index contributed by atoms with van der Waals surface area (Å²) < 4.78 is 0. The molecule has 0 unspecified atom stereocenters. The van der Waals surface area contributed by atoms with Crippen LogP contribution in [0.5, 0.6) is 0 Å². The minimum Gasteiger partial charge on any atom is -0.378 e. The first kappa shape index (κ1) is 17.9. The molecule has 0 spiro atoms. The molecule has 0 radical (unpaired) electrons. The van der Waals surface area contributed by atoms with Gasteiger partial charge in [-0.25, -0.2) is 4.79 Å². The molecule has 1 heterocycles. The van der Waals surface area contributed by atoms with E-state index in [0.29, 0.717) is 6.04 Å². The van der Waals surface area contributed by atoms with E-state index in [9.17, 15) is 4.79 Å². The molecular weight excluding hydrogens is 312 g/mol. The Morgan fingerprint density at radius 2 is 1.56 bits per heavy atom. The number of benzene rings is 1. The molecule has 3 rings (SSSR count). The lowest BCUT2D eigenvalue weighted by Gasteiger charge is -2.37. The van der Waals surface area contributed by atoms with Gasteiger partial charge >= 0.3 is 6.03 Å². The molecule has 2 fully saturated rings. The molecule has 5 heteroatoms. The lowest BCUT2D eigenvalue weighted by molar-refractivity contribution is 0.189. The number of anilines is 2. The Balaban J connectivity index is 1.48. The highest BCUT2D eigenvalue weighted by molar-refractivity contribution is 5.75. The fourth-order valence-electron chi connectivity index (χ4n) is 3.82. The Bertz CT molecular complexity index is 541. The maximum atomic E-state index is 12.5. The second-order valence-corrected chi connectivity index (χ2v) is 7.52. The number of urea groups is 1. The number of hydrogen-bond donors (Lipinski definition) is 1. The van der Waals surface area contributed by atoms with Gasteiger partial charge in [0.2, 0.25) is 0 Å². The SMILES string of the molecule is CN(C)c1ccc(N2CCN(C(=O)NC3CCCCCC3)CC2)cc1. The number of hydrogen-bond acceptors (Lipinski definition) is 3. The van der Waals surface area contributed by atoms with Crippen LogP contribution in [0.25, 0.3) is 0 Å². The van der Waals surface area contributed by atoms with Crippen molar-refractivity contribution in [3.63, 3.8) is 0 Å². The molecule has 1 aliphatic carbocycles. The first-order valence-electron chi connectivity index (χ1n) is 9.71. The molecule has 1 aliphatic heterocycles. The predicted octanol–water partition coefficient (Wildman–Crippen LogP) is 3.31. The van der Waals surface area contributed by atoms with Gasteiger partial charge in [0.05, 0.1) is 0 Å².